The Bertz CT molecular complexity index is 762. The Balaban J connectivity index is 1.60. The average molecular weight is 336 g/mol. The minimum absolute atomic E-state index is 0.132. The van der Waals surface area contributed by atoms with E-state index in [1.165, 1.54) is 11.3 Å². The molecule has 1 aliphatic rings. The third-order valence-electron chi connectivity index (χ3n) is 4.40. The number of hydrogen-bond donors (Lipinski definition) is 1. The molecule has 1 N–H and O–H groups in total. The highest BCUT2D eigenvalue weighted by Gasteiger charge is 2.11. The summed E-state index contributed by atoms with van der Waals surface area (Å²) in [6, 6.07) is 13.9. The van der Waals surface area contributed by atoms with Gasteiger partial charge in [-0.3, -0.25) is 4.79 Å². The molecule has 0 unspecified atom stereocenters. The molecule has 0 bridgehead atoms. The van der Waals surface area contributed by atoms with Crippen LogP contribution in [0.4, 0.5) is 11.4 Å². The van der Waals surface area contributed by atoms with Crippen molar-refractivity contribution in [2.45, 2.75) is 20.3 Å². The SMILES string of the molecule is CCN(CC)c1ccc(NC(=O)/C=C/c2ccc3c(c2)CCO3)cc1. The maximum absolute atomic E-state index is 12.1. The van der Waals surface area contributed by atoms with E-state index >= 15 is 0 Å². The normalized spacial score (nSPS) is 12.7. The number of nitrogens with one attached hydrogen (secondary N) is 1. The molecule has 0 saturated carbocycles. The molecule has 25 heavy (non-hydrogen) atoms. The monoisotopic (exact) mass is 336 g/mol. The first-order valence-electron chi connectivity index (χ1n) is 8.79. The van der Waals surface area contributed by atoms with E-state index in [1.54, 1.807) is 6.08 Å². The minimum Gasteiger partial charge on any atom is -0.493 e. The maximum atomic E-state index is 12.1. The molecule has 4 heteroatoms. The Labute approximate surface area is 149 Å². The van der Waals surface area contributed by atoms with Crippen molar-refractivity contribution < 1.29 is 9.53 Å². The van der Waals surface area contributed by atoms with Crippen LogP contribution in [0, 0.1) is 0 Å². The number of benzene rings is 2. The number of amides is 1. The lowest BCUT2D eigenvalue weighted by molar-refractivity contribution is -0.111. The van der Waals surface area contributed by atoms with Gasteiger partial charge in [-0.1, -0.05) is 6.07 Å². The van der Waals surface area contributed by atoms with Gasteiger partial charge >= 0.3 is 0 Å². The molecule has 0 aliphatic carbocycles. The third-order valence-corrected chi connectivity index (χ3v) is 4.40. The number of fused-ring (bicyclic) bond motifs is 1. The molecule has 0 aromatic heterocycles. The van der Waals surface area contributed by atoms with E-state index in [0.29, 0.717) is 0 Å². The van der Waals surface area contributed by atoms with Crippen molar-refractivity contribution in [2.24, 2.45) is 0 Å². The molecular weight excluding hydrogens is 312 g/mol. The van der Waals surface area contributed by atoms with E-state index in [0.717, 1.165) is 43.1 Å². The van der Waals surface area contributed by atoms with Crippen molar-refractivity contribution in [3.63, 3.8) is 0 Å². The highest BCUT2D eigenvalue weighted by molar-refractivity contribution is 6.02. The standard InChI is InChI=1S/C21H24N2O2/c1-3-23(4-2)19-9-7-18(8-10-19)22-21(24)12-6-16-5-11-20-17(15-16)13-14-25-20/h5-12,15H,3-4,13-14H2,1-2H3,(H,22,24)/b12-6+. The molecule has 4 nitrogen and oxygen atoms in total. The molecule has 0 spiro atoms. The number of carbonyl (C=O) groups excluding carboxylic acids is 1. The van der Waals surface area contributed by atoms with Crippen LogP contribution in [-0.4, -0.2) is 25.6 Å². The van der Waals surface area contributed by atoms with Crippen LogP contribution in [0.15, 0.2) is 48.5 Å². The molecule has 0 fully saturated rings. The average Bonchev–Trinajstić information content (AvgIpc) is 3.10. The maximum Gasteiger partial charge on any atom is 0.248 e. The molecule has 2 aromatic rings. The van der Waals surface area contributed by atoms with Gasteiger partial charge in [-0.05, 0) is 67.4 Å². The minimum atomic E-state index is -0.132. The van der Waals surface area contributed by atoms with Crippen LogP contribution in [0.1, 0.15) is 25.0 Å². The number of nitrogens with zero attached hydrogens (tertiary/aromatic N) is 1. The van der Waals surface area contributed by atoms with Gasteiger partial charge in [0.2, 0.25) is 5.91 Å². The topological polar surface area (TPSA) is 41.6 Å². The van der Waals surface area contributed by atoms with Gasteiger partial charge < -0.3 is 15.0 Å². The first kappa shape index (κ1) is 17.1. The second-order valence-corrected chi connectivity index (χ2v) is 6.01. The summed E-state index contributed by atoms with van der Waals surface area (Å²) in [5, 5.41) is 2.90. The zero-order valence-corrected chi connectivity index (χ0v) is 14.8. The van der Waals surface area contributed by atoms with Gasteiger partial charge in [-0.15, -0.1) is 0 Å². The molecule has 0 radical (unpaired) electrons. The van der Waals surface area contributed by atoms with Crippen molar-refractivity contribution in [3.05, 3.63) is 59.7 Å². The largest absolute Gasteiger partial charge is 0.493 e. The van der Waals surface area contributed by atoms with Crippen LogP contribution >= 0.6 is 0 Å². The molecule has 1 amide bonds. The summed E-state index contributed by atoms with van der Waals surface area (Å²) in [7, 11) is 0. The summed E-state index contributed by atoms with van der Waals surface area (Å²) in [6.07, 6.45) is 4.33. The summed E-state index contributed by atoms with van der Waals surface area (Å²) >= 11 is 0. The Morgan fingerprint density at radius 2 is 1.92 bits per heavy atom. The molecule has 0 saturated heterocycles. The molecule has 3 rings (SSSR count). The highest BCUT2D eigenvalue weighted by Crippen LogP contribution is 2.26. The summed E-state index contributed by atoms with van der Waals surface area (Å²) in [4.78, 5) is 14.4. The van der Waals surface area contributed by atoms with Crippen LogP contribution in [0.2, 0.25) is 0 Å². The lowest BCUT2D eigenvalue weighted by atomic mass is 10.1. The fraction of sp³-hybridized carbons (Fsp3) is 0.286. The van der Waals surface area contributed by atoms with Gasteiger partial charge in [0, 0.05) is 37.0 Å². The number of anilines is 2. The number of carbonyl (C=O) groups is 1. The third kappa shape index (κ3) is 4.21. The van der Waals surface area contributed by atoms with Crippen LogP contribution < -0.4 is 15.0 Å². The van der Waals surface area contributed by atoms with Crippen LogP contribution in [0.25, 0.3) is 6.08 Å². The van der Waals surface area contributed by atoms with Crippen molar-refractivity contribution in [3.8, 4) is 5.75 Å². The summed E-state index contributed by atoms with van der Waals surface area (Å²) in [6.45, 7) is 6.95. The smallest absolute Gasteiger partial charge is 0.248 e. The summed E-state index contributed by atoms with van der Waals surface area (Å²) in [5.74, 6) is 0.822. The summed E-state index contributed by atoms with van der Waals surface area (Å²) in [5.41, 5.74) is 4.18. The van der Waals surface area contributed by atoms with Gasteiger partial charge in [0.25, 0.3) is 0 Å². The second-order valence-electron chi connectivity index (χ2n) is 6.01. The molecule has 130 valence electrons. The number of hydrogen-bond acceptors (Lipinski definition) is 3. The van der Waals surface area contributed by atoms with Crippen molar-refractivity contribution >= 4 is 23.4 Å². The summed E-state index contributed by atoms with van der Waals surface area (Å²) < 4.78 is 5.49. The zero-order chi connectivity index (χ0) is 17.6. The zero-order valence-electron chi connectivity index (χ0n) is 14.8. The molecule has 2 aromatic carbocycles. The lowest BCUT2D eigenvalue weighted by Crippen LogP contribution is -2.21. The van der Waals surface area contributed by atoms with Gasteiger partial charge in [0.15, 0.2) is 0 Å². The van der Waals surface area contributed by atoms with E-state index in [1.807, 2.05) is 42.5 Å². The first-order chi connectivity index (χ1) is 12.2. The number of rotatable bonds is 6. The fourth-order valence-electron chi connectivity index (χ4n) is 3.01. The van der Waals surface area contributed by atoms with Crippen molar-refractivity contribution in [1.29, 1.82) is 0 Å². The van der Waals surface area contributed by atoms with Gasteiger partial charge in [0.1, 0.15) is 5.75 Å². The van der Waals surface area contributed by atoms with Crippen molar-refractivity contribution in [1.82, 2.24) is 0 Å². The fourth-order valence-corrected chi connectivity index (χ4v) is 3.01. The number of ether oxygens (including phenoxy) is 1. The quantitative estimate of drug-likeness (QED) is 0.807. The Kier molecular flexibility index (Phi) is 5.39. The Morgan fingerprint density at radius 1 is 1.16 bits per heavy atom. The van der Waals surface area contributed by atoms with E-state index in [2.05, 4.69) is 30.1 Å². The van der Waals surface area contributed by atoms with Crippen molar-refractivity contribution in [2.75, 3.05) is 29.9 Å². The van der Waals surface area contributed by atoms with Crippen LogP contribution in [0.5, 0.6) is 5.75 Å². The lowest BCUT2D eigenvalue weighted by Gasteiger charge is -2.21. The van der Waals surface area contributed by atoms with E-state index in [-0.39, 0.29) is 5.91 Å². The Morgan fingerprint density at radius 3 is 2.64 bits per heavy atom. The van der Waals surface area contributed by atoms with E-state index in [4.69, 9.17) is 4.74 Å². The molecular formula is C21H24N2O2. The molecule has 1 heterocycles. The predicted octanol–water partition coefficient (Wildman–Crippen LogP) is 4.12. The van der Waals surface area contributed by atoms with Gasteiger partial charge in [0.05, 0.1) is 6.61 Å². The van der Waals surface area contributed by atoms with E-state index in [9.17, 15) is 4.79 Å². The van der Waals surface area contributed by atoms with Gasteiger partial charge in [-0.2, -0.15) is 0 Å². The highest BCUT2D eigenvalue weighted by atomic mass is 16.5. The Hall–Kier alpha value is -2.75. The second kappa shape index (κ2) is 7.88. The molecule has 1 aliphatic heterocycles. The van der Waals surface area contributed by atoms with Crippen LogP contribution in [-0.2, 0) is 11.2 Å². The predicted molar refractivity (Wildman–Crippen MR) is 103 cm³/mol. The van der Waals surface area contributed by atoms with Crippen LogP contribution in [0.3, 0.4) is 0 Å². The van der Waals surface area contributed by atoms with Gasteiger partial charge in [-0.25, -0.2) is 0 Å². The first-order valence-corrected chi connectivity index (χ1v) is 8.79. The van der Waals surface area contributed by atoms with E-state index < -0.39 is 0 Å². The molecule has 0 atom stereocenters.